The summed E-state index contributed by atoms with van der Waals surface area (Å²) < 4.78 is 11.4. The fraction of sp³-hybridized carbons (Fsp3) is 0.650. The van der Waals surface area contributed by atoms with E-state index in [1.807, 2.05) is 24.3 Å². The highest BCUT2D eigenvalue weighted by molar-refractivity contribution is 5.91. The van der Waals surface area contributed by atoms with Gasteiger partial charge in [-0.15, -0.1) is 0 Å². The molecule has 4 rings (SSSR count). The van der Waals surface area contributed by atoms with E-state index in [9.17, 15) is 4.79 Å². The summed E-state index contributed by atoms with van der Waals surface area (Å²) in [7, 11) is 0. The Labute approximate surface area is 149 Å². The van der Waals surface area contributed by atoms with Crippen LogP contribution in [0.2, 0.25) is 0 Å². The summed E-state index contributed by atoms with van der Waals surface area (Å²) in [6.07, 6.45) is 7.81. The van der Waals surface area contributed by atoms with Gasteiger partial charge >= 0.3 is 0 Å². The van der Waals surface area contributed by atoms with E-state index in [0.29, 0.717) is 31.0 Å². The van der Waals surface area contributed by atoms with Gasteiger partial charge in [0, 0.05) is 36.9 Å². The van der Waals surface area contributed by atoms with E-state index in [1.54, 1.807) is 0 Å². The average molecular weight is 344 g/mol. The molecular weight excluding hydrogens is 316 g/mol. The number of ether oxygens (including phenoxy) is 2. The Hall–Kier alpha value is -1.59. The molecular formula is C20H28N2O3. The molecule has 0 spiro atoms. The van der Waals surface area contributed by atoms with Crippen molar-refractivity contribution in [2.45, 2.75) is 63.1 Å². The van der Waals surface area contributed by atoms with Crippen molar-refractivity contribution >= 4 is 11.6 Å². The van der Waals surface area contributed by atoms with Gasteiger partial charge in [-0.25, -0.2) is 0 Å². The van der Waals surface area contributed by atoms with Crippen LogP contribution in [0, 0.1) is 5.92 Å². The molecule has 3 atom stereocenters. The first-order valence-corrected chi connectivity index (χ1v) is 9.65. The average Bonchev–Trinajstić information content (AvgIpc) is 3.23. The summed E-state index contributed by atoms with van der Waals surface area (Å²) in [6.45, 7) is 1.41. The maximum atomic E-state index is 12.4. The van der Waals surface area contributed by atoms with Crippen LogP contribution in [0.1, 0.15) is 44.9 Å². The lowest BCUT2D eigenvalue weighted by Crippen LogP contribution is -2.39. The lowest BCUT2D eigenvalue weighted by atomic mass is 9.89. The molecule has 0 aromatic heterocycles. The molecule has 3 aliphatic heterocycles. The smallest absolute Gasteiger partial charge is 0.224 e. The topological polar surface area (TPSA) is 59.6 Å². The zero-order chi connectivity index (χ0) is 17.1. The van der Waals surface area contributed by atoms with Crippen molar-refractivity contribution in [2.24, 2.45) is 5.92 Å². The SMILES string of the molecule is O=C(CC1CC2CCC(C1)N2)Nc1cccc(OCC2CCCO2)c1. The van der Waals surface area contributed by atoms with E-state index < -0.39 is 0 Å². The van der Waals surface area contributed by atoms with Gasteiger partial charge in [-0.1, -0.05) is 6.07 Å². The van der Waals surface area contributed by atoms with Crippen molar-refractivity contribution in [3.63, 3.8) is 0 Å². The van der Waals surface area contributed by atoms with Gasteiger partial charge in [0.05, 0.1) is 6.10 Å². The third kappa shape index (κ3) is 4.53. The Morgan fingerprint density at radius 2 is 2.08 bits per heavy atom. The molecule has 0 radical (unpaired) electrons. The molecule has 0 saturated carbocycles. The van der Waals surface area contributed by atoms with Crippen molar-refractivity contribution in [3.8, 4) is 5.75 Å². The van der Waals surface area contributed by atoms with Crippen molar-refractivity contribution in [3.05, 3.63) is 24.3 Å². The molecule has 5 heteroatoms. The maximum Gasteiger partial charge on any atom is 0.224 e. The van der Waals surface area contributed by atoms with E-state index in [-0.39, 0.29) is 12.0 Å². The van der Waals surface area contributed by atoms with Crippen LogP contribution in [0.15, 0.2) is 24.3 Å². The highest BCUT2D eigenvalue weighted by Gasteiger charge is 2.34. The number of fused-ring (bicyclic) bond motifs is 2. The van der Waals surface area contributed by atoms with Crippen LogP contribution in [0.4, 0.5) is 5.69 Å². The van der Waals surface area contributed by atoms with Crippen LogP contribution in [0.5, 0.6) is 5.75 Å². The number of carbonyl (C=O) groups is 1. The highest BCUT2D eigenvalue weighted by Crippen LogP contribution is 2.33. The number of hydrogen-bond donors (Lipinski definition) is 2. The van der Waals surface area contributed by atoms with Gasteiger partial charge in [0.2, 0.25) is 5.91 Å². The molecule has 5 nitrogen and oxygen atoms in total. The Kier molecular flexibility index (Phi) is 5.22. The van der Waals surface area contributed by atoms with Crippen molar-refractivity contribution < 1.29 is 14.3 Å². The predicted octanol–water partition coefficient (Wildman–Crippen LogP) is 3.10. The standard InChI is InChI=1S/C20H28N2O3/c23-20(11-14-9-16-6-7-17(10-14)21-16)22-15-3-1-4-18(12-15)25-13-19-5-2-8-24-19/h1,3-4,12,14,16-17,19,21H,2,5-11,13H2,(H,22,23). The van der Waals surface area contributed by atoms with E-state index >= 15 is 0 Å². The minimum atomic E-state index is 0.113. The van der Waals surface area contributed by atoms with E-state index in [4.69, 9.17) is 9.47 Å². The van der Waals surface area contributed by atoms with Crippen molar-refractivity contribution in [1.29, 1.82) is 0 Å². The number of anilines is 1. The molecule has 3 aliphatic rings. The molecule has 0 aliphatic carbocycles. The summed E-state index contributed by atoms with van der Waals surface area (Å²) in [5.74, 6) is 1.41. The van der Waals surface area contributed by atoms with E-state index in [0.717, 1.165) is 43.7 Å². The molecule has 3 unspecified atom stereocenters. The van der Waals surface area contributed by atoms with Crippen LogP contribution in [0.25, 0.3) is 0 Å². The summed E-state index contributed by atoms with van der Waals surface area (Å²) in [5.41, 5.74) is 0.812. The first kappa shape index (κ1) is 16.9. The third-order valence-corrected chi connectivity index (χ3v) is 5.62. The molecule has 1 aromatic carbocycles. The normalized spacial score (nSPS) is 31.0. The number of rotatable bonds is 6. The minimum Gasteiger partial charge on any atom is -0.491 e. The summed E-state index contributed by atoms with van der Waals surface area (Å²) in [4.78, 5) is 12.4. The zero-order valence-electron chi connectivity index (χ0n) is 14.7. The first-order chi connectivity index (χ1) is 12.2. The monoisotopic (exact) mass is 344 g/mol. The molecule has 3 saturated heterocycles. The summed E-state index contributed by atoms with van der Waals surface area (Å²) >= 11 is 0. The Balaban J connectivity index is 1.26. The molecule has 2 bridgehead atoms. The predicted molar refractivity (Wildman–Crippen MR) is 96.8 cm³/mol. The fourth-order valence-electron chi connectivity index (χ4n) is 4.44. The molecule has 3 heterocycles. The second-order valence-electron chi connectivity index (χ2n) is 7.70. The van der Waals surface area contributed by atoms with Gasteiger partial charge in [-0.3, -0.25) is 4.79 Å². The zero-order valence-corrected chi connectivity index (χ0v) is 14.7. The second kappa shape index (κ2) is 7.75. The van der Waals surface area contributed by atoms with Crippen LogP contribution in [-0.2, 0) is 9.53 Å². The molecule has 1 aromatic rings. The number of amides is 1. The van der Waals surface area contributed by atoms with Gasteiger partial charge in [-0.2, -0.15) is 0 Å². The number of benzene rings is 1. The largest absolute Gasteiger partial charge is 0.491 e. The summed E-state index contributed by atoms with van der Waals surface area (Å²) in [5, 5.41) is 6.67. The van der Waals surface area contributed by atoms with Gasteiger partial charge in [0.1, 0.15) is 12.4 Å². The molecule has 3 fully saturated rings. The quantitative estimate of drug-likeness (QED) is 0.832. The van der Waals surface area contributed by atoms with Gasteiger partial charge in [0.25, 0.3) is 0 Å². The fourth-order valence-corrected chi connectivity index (χ4v) is 4.44. The van der Waals surface area contributed by atoms with Gasteiger partial charge < -0.3 is 20.1 Å². The lowest BCUT2D eigenvalue weighted by molar-refractivity contribution is -0.117. The minimum absolute atomic E-state index is 0.113. The Bertz CT molecular complexity index is 588. The Morgan fingerprint density at radius 3 is 2.84 bits per heavy atom. The molecule has 136 valence electrons. The van der Waals surface area contributed by atoms with Crippen molar-refractivity contribution in [2.75, 3.05) is 18.5 Å². The number of piperidine rings is 1. The second-order valence-corrected chi connectivity index (χ2v) is 7.70. The van der Waals surface area contributed by atoms with Crippen LogP contribution >= 0.6 is 0 Å². The highest BCUT2D eigenvalue weighted by atomic mass is 16.5. The van der Waals surface area contributed by atoms with E-state index in [2.05, 4.69) is 10.6 Å². The Morgan fingerprint density at radius 1 is 1.24 bits per heavy atom. The summed E-state index contributed by atoms with van der Waals surface area (Å²) in [6, 6.07) is 8.93. The third-order valence-electron chi connectivity index (χ3n) is 5.62. The molecule has 25 heavy (non-hydrogen) atoms. The van der Waals surface area contributed by atoms with Crippen LogP contribution < -0.4 is 15.4 Å². The molecule has 2 N–H and O–H groups in total. The van der Waals surface area contributed by atoms with Gasteiger partial charge in [-0.05, 0) is 56.6 Å². The van der Waals surface area contributed by atoms with Crippen LogP contribution in [0.3, 0.4) is 0 Å². The molecule has 1 amide bonds. The first-order valence-electron chi connectivity index (χ1n) is 9.65. The maximum absolute atomic E-state index is 12.4. The van der Waals surface area contributed by atoms with E-state index in [1.165, 1.54) is 12.8 Å². The van der Waals surface area contributed by atoms with Gasteiger partial charge in [0.15, 0.2) is 0 Å². The lowest BCUT2D eigenvalue weighted by Gasteiger charge is -2.28. The number of carbonyl (C=O) groups excluding carboxylic acids is 1. The van der Waals surface area contributed by atoms with Crippen molar-refractivity contribution in [1.82, 2.24) is 5.32 Å². The number of hydrogen-bond acceptors (Lipinski definition) is 4. The van der Waals surface area contributed by atoms with Crippen LogP contribution in [-0.4, -0.2) is 37.3 Å². The number of nitrogens with one attached hydrogen (secondary N) is 2.